The van der Waals surface area contributed by atoms with Crippen LogP contribution in [0.25, 0.3) is 22.4 Å². The molecular weight excluding hydrogens is 438 g/mol. The van der Waals surface area contributed by atoms with Crippen LogP contribution in [0, 0.1) is 0 Å². The van der Waals surface area contributed by atoms with Gasteiger partial charge in [-0.05, 0) is 48.5 Å². The van der Waals surface area contributed by atoms with Gasteiger partial charge in [0.05, 0.1) is 40.5 Å². The predicted octanol–water partition coefficient (Wildman–Crippen LogP) is 4.52. The fourth-order valence-electron chi connectivity index (χ4n) is 3.45. The molecule has 3 heterocycles. The predicted molar refractivity (Wildman–Crippen MR) is 138 cm³/mol. The number of para-hydroxylation sites is 3. The van der Waals surface area contributed by atoms with Gasteiger partial charge in [-0.3, -0.25) is 24.7 Å². The Kier molecular flexibility index (Phi) is 6.43. The summed E-state index contributed by atoms with van der Waals surface area (Å²) in [7, 11) is 0. The number of imidazole rings is 1. The molecule has 0 saturated heterocycles. The van der Waals surface area contributed by atoms with Gasteiger partial charge < -0.3 is 10.3 Å². The van der Waals surface area contributed by atoms with Crippen LogP contribution in [0.15, 0.2) is 107 Å². The maximum absolute atomic E-state index is 13.3. The molecule has 0 fully saturated rings. The van der Waals surface area contributed by atoms with Crippen molar-refractivity contribution in [1.82, 2.24) is 19.9 Å². The van der Waals surface area contributed by atoms with Gasteiger partial charge >= 0.3 is 0 Å². The van der Waals surface area contributed by atoms with E-state index in [-0.39, 0.29) is 0 Å². The number of nitrogens with one attached hydrogen (secondary N) is 2. The Balaban J connectivity index is 1.44. The normalized spacial score (nSPS) is 12.3. The zero-order chi connectivity index (χ0) is 23.9. The number of carbonyl (C=O) groups excluding carboxylic acids is 1. The first-order chi connectivity index (χ1) is 17.3. The summed E-state index contributed by atoms with van der Waals surface area (Å²) in [6, 6.07) is 26.2. The van der Waals surface area contributed by atoms with Crippen LogP contribution in [-0.2, 0) is 4.79 Å². The molecule has 0 bridgehead atoms. The molecule has 2 N–H and O–H groups in total. The van der Waals surface area contributed by atoms with E-state index in [9.17, 15) is 4.79 Å². The maximum atomic E-state index is 13.3. The van der Waals surface area contributed by atoms with Crippen molar-refractivity contribution in [3.63, 3.8) is 0 Å². The van der Waals surface area contributed by atoms with Crippen LogP contribution >= 0.6 is 0 Å². The molecule has 1 amide bonds. The number of hydrogen-bond donors (Lipinski definition) is 2. The van der Waals surface area contributed by atoms with Crippen LogP contribution in [0.2, 0.25) is 0 Å². The highest BCUT2D eigenvalue weighted by Gasteiger charge is 2.18. The average Bonchev–Trinajstić information content (AvgIpc) is 3.34. The quantitative estimate of drug-likeness (QED) is 0.349. The van der Waals surface area contributed by atoms with Crippen LogP contribution in [0.3, 0.4) is 0 Å². The number of aliphatic imine (C=N–C) groups is 2. The van der Waals surface area contributed by atoms with E-state index >= 15 is 0 Å². The van der Waals surface area contributed by atoms with Gasteiger partial charge in [-0.1, -0.05) is 36.4 Å². The molecule has 0 aliphatic carbocycles. The van der Waals surface area contributed by atoms with E-state index in [2.05, 4.69) is 35.2 Å². The highest BCUT2D eigenvalue weighted by molar-refractivity contribution is 6.00. The van der Waals surface area contributed by atoms with Crippen LogP contribution in [0.1, 0.15) is 11.4 Å². The van der Waals surface area contributed by atoms with Crippen molar-refractivity contribution in [3.05, 3.63) is 109 Å². The molecule has 0 unspecified atom stereocenters. The molecule has 0 aliphatic heterocycles. The monoisotopic (exact) mass is 459 g/mol. The lowest BCUT2D eigenvalue weighted by Gasteiger charge is -2.12. The molecule has 0 radical (unpaired) electrons. The zero-order valence-corrected chi connectivity index (χ0v) is 18.6. The smallest absolute Gasteiger partial charge is 0.271 e. The number of benzene rings is 2. The van der Waals surface area contributed by atoms with Gasteiger partial charge in [0.1, 0.15) is 5.82 Å². The number of nitrogens with zero attached hydrogens (tertiary/aromatic N) is 5. The van der Waals surface area contributed by atoms with E-state index in [0.29, 0.717) is 22.9 Å². The van der Waals surface area contributed by atoms with E-state index in [0.717, 1.165) is 16.6 Å². The van der Waals surface area contributed by atoms with Gasteiger partial charge in [-0.25, -0.2) is 4.98 Å². The third-order valence-electron chi connectivity index (χ3n) is 5.14. The Hall–Kier alpha value is -4.98. The van der Waals surface area contributed by atoms with E-state index < -0.39 is 12.1 Å². The molecular formula is C27H21N7O. The Bertz CT molecular complexity index is 1410. The number of amides is 1. The highest BCUT2D eigenvalue weighted by atomic mass is 16.2. The van der Waals surface area contributed by atoms with Crippen LogP contribution in [0.5, 0.6) is 0 Å². The second kappa shape index (κ2) is 10.3. The summed E-state index contributed by atoms with van der Waals surface area (Å²) in [6.45, 7) is 0. The van der Waals surface area contributed by atoms with Gasteiger partial charge in [-0.15, -0.1) is 0 Å². The van der Waals surface area contributed by atoms with E-state index in [1.54, 1.807) is 24.5 Å². The van der Waals surface area contributed by atoms with E-state index in [1.807, 2.05) is 72.8 Å². The Morgan fingerprint density at radius 1 is 0.800 bits per heavy atom. The molecule has 8 nitrogen and oxygen atoms in total. The summed E-state index contributed by atoms with van der Waals surface area (Å²) in [4.78, 5) is 38.5. The Morgan fingerprint density at radius 3 is 2.09 bits per heavy atom. The van der Waals surface area contributed by atoms with Crippen LogP contribution in [0.4, 0.5) is 5.69 Å². The largest absolute Gasteiger partial charge is 0.338 e. The van der Waals surface area contributed by atoms with Crippen LogP contribution < -0.4 is 5.32 Å². The molecule has 0 atom stereocenters. The first kappa shape index (κ1) is 21.8. The minimum atomic E-state index is -1.04. The molecule has 0 aliphatic rings. The van der Waals surface area contributed by atoms with Crippen molar-refractivity contribution in [2.45, 2.75) is 6.17 Å². The number of rotatable bonds is 7. The standard InChI is InChI=1S/C27H21N7O/c35-27(26(30-17-19-9-5-7-15-28-19)31-18-20-10-6-8-16-29-20)34-22-12-2-1-11-21(22)25-32-23-13-3-4-14-24(23)33-25/h1-18,26H,(H,32,33)(H,34,35). The fourth-order valence-corrected chi connectivity index (χ4v) is 3.45. The third kappa shape index (κ3) is 5.33. The maximum Gasteiger partial charge on any atom is 0.271 e. The molecule has 5 aromatic rings. The molecule has 8 heteroatoms. The Morgan fingerprint density at radius 2 is 1.43 bits per heavy atom. The summed E-state index contributed by atoms with van der Waals surface area (Å²) in [5.74, 6) is 0.264. The number of hydrogen-bond acceptors (Lipinski definition) is 6. The van der Waals surface area contributed by atoms with Crippen molar-refractivity contribution in [3.8, 4) is 11.4 Å². The first-order valence-corrected chi connectivity index (χ1v) is 11.0. The van der Waals surface area contributed by atoms with Crippen molar-refractivity contribution in [1.29, 1.82) is 0 Å². The summed E-state index contributed by atoms with van der Waals surface area (Å²) >= 11 is 0. The molecule has 170 valence electrons. The molecule has 35 heavy (non-hydrogen) atoms. The highest BCUT2D eigenvalue weighted by Crippen LogP contribution is 2.27. The lowest BCUT2D eigenvalue weighted by molar-refractivity contribution is -0.117. The van der Waals surface area contributed by atoms with Gasteiger partial charge in [0, 0.05) is 18.0 Å². The van der Waals surface area contributed by atoms with Gasteiger partial charge in [-0.2, -0.15) is 0 Å². The summed E-state index contributed by atoms with van der Waals surface area (Å²) in [5, 5.41) is 2.96. The lowest BCUT2D eigenvalue weighted by atomic mass is 10.1. The number of pyridine rings is 2. The van der Waals surface area contributed by atoms with Crippen LogP contribution in [-0.4, -0.2) is 44.4 Å². The summed E-state index contributed by atoms with van der Waals surface area (Å²) in [6.07, 6.45) is 5.35. The van der Waals surface area contributed by atoms with Crippen molar-refractivity contribution in [2.24, 2.45) is 9.98 Å². The Labute approximate surface area is 201 Å². The average molecular weight is 460 g/mol. The molecule has 0 saturated carbocycles. The van der Waals surface area contributed by atoms with E-state index in [1.165, 1.54) is 12.4 Å². The topological polar surface area (TPSA) is 108 Å². The summed E-state index contributed by atoms with van der Waals surface area (Å²) < 4.78 is 0. The summed E-state index contributed by atoms with van der Waals surface area (Å²) in [5.41, 5.74) is 4.38. The molecule has 2 aromatic carbocycles. The number of H-pyrrole nitrogens is 1. The zero-order valence-electron chi connectivity index (χ0n) is 18.6. The number of aromatic amines is 1. The second-order valence-electron chi connectivity index (χ2n) is 7.58. The van der Waals surface area contributed by atoms with Crippen molar-refractivity contribution in [2.75, 3.05) is 5.32 Å². The number of anilines is 1. The number of aromatic nitrogens is 4. The lowest BCUT2D eigenvalue weighted by Crippen LogP contribution is -2.25. The minimum Gasteiger partial charge on any atom is -0.338 e. The van der Waals surface area contributed by atoms with Crippen molar-refractivity contribution >= 4 is 35.1 Å². The SMILES string of the molecule is O=C(Nc1ccccc1-c1nc2ccccc2[nH]1)C(N=Cc1ccccn1)N=Cc1ccccn1. The fraction of sp³-hybridized carbons (Fsp3) is 0.0370. The van der Waals surface area contributed by atoms with E-state index in [4.69, 9.17) is 0 Å². The second-order valence-corrected chi connectivity index (χ2v) is 7.58. The number of carbonyl (C=O) groups is 1. The first-order valence-electron chi connectivity index (χ1n) is 11.0. The molecule has 0 spiro atoms. The van der Waals surface area contributed by atoms with Crippen molar-refractivity contribution < 1.29 is 4.79 Å². The van der Waals surface area contributed by atoms with Gasteiger partial charge in [0.25, 0.3) is 5.91 Å². The molecule has 3 aromatic heterocycles. The minimum absolute atomic E-state index is 0.395. The third-order valence-corrected chi connectivity index (χ3v) is 5.14. The van der Waals surface area contributed by atoms with Gasteiger partial charge in [0.15, 0.2) is 0 Å². The number of fused-ring (bicyclic) bond motifs is 1. The van der Waals surface area contributed by atoms with Gasteiger partial charge in [0.2, 0.25) is 6.17 Å². The molecule has 5 rings (SSSR count).